The van der Waals surface area contributed by atoms with E-state index >= 15 is 0 Å². The van der Waals surface area contributed by atoms with Gasteiger partial charge in [-0.25, -0.2) is 0 Å². The molecule has 0 aromatic heterocycles. The van der Waals surface area contributed by atoms with Gasteiger partial charge in [0.15, 0.2) is 0 Å². The van der Waals surface area contributed by atoms with Crippen molar-refractivity contribution in [1.29, 1.82) is 0 Å². The maximum Gasteiger partial charge on any atom is 0.243 e. The molecule has 4 rings (SSSR count). The van der Waals surface area contributed by atoms with Crippen LogP contribution in [0, 0.1) is 0 Å². The number of morpholine rings is 2. The van der Waals surface area contributed by atoms with Gasteiger partial charge in [0.2, 0.25) is 11.6 Å². The lowest BCUT2D eigenvalue weighted by molar-refractivity contribution is -0.912. The SMILES string of the molecule is C[N+]1(C)CCOC(O)(c2ccc(CCCCc3ccc(C4(O)C[N+](C)(C)CCO4)cc3)cc2)C1. The number of nitrogens with zero attached hydrogens (tertiary/aromatic N) is 2. The topological polar surface area (TPSA) is 58.9 Å². The number of aryl methyl sites for hydroxylation is 2. The van der Waals surface area contributed by atoms with Crippen LogP contribution < -0.4 is 0 Å². The van der Waals surface area contributed by atoms with Gasteiger partial charge in [-0.15, -0.1) is 0 Å². The van der Waals surface area contributed by atoms with Gasteiger partial charge in [0, 0.05) is 11.1 Å². The molecule has 2 fully saturated rings. The fourth-order valence-corrected chi connectivity index (χ4v) is 5.20. The lowest BCUT2D eigenvalue weighted by atomic mass is 9.97. The monoisotopic (exact) mass is 470 g/mol. The summed E-state index contributed by atoms with van der Waals surface area (Å²) in [4.78, 5) is 0. The zero-order chi connectivity index (χ0) is 24.5. The van der Waals surface area contributed by atoms with Crippen LogP contribution in [0.25, 0.3) is 0 Å². The molecule has 2 aliphatic heterocycles. The van der Waals surface area contributed by atoms with Gasteiger partial charge in [-0.1, -0.05) is 48.5 Å². The van der Waals surface area contributed by atoms with Crippen LogP contribution >= 0.6 is 0 Å². The lowest BCUT2D eigenvalue weighted by Gasteiger charge is -2.42. The van der Waals surface area contributed by atoms with Crippen LogP contribution in [0.1, 0.15) is 35.1 Å². The zero-order valence-corrected chi connectivity index (χ0v) is 21.3. The van der Waals surface area contributed by atoms with Crippen molar-refractivity contribution < 1.29 is 28.7 Å². The van der Waals surface area contributed by atoms with E-state index in [1.54, 1.807) is 0 Å². The number of quaternary nitrogens is 2. The summed E-state index contributed by atoms with van der Waals surface area (Å²) in [5, 5.41) is 22.0. The van der Waals surface area contributed by atoms with Gasteiger partial charge >= 0.3 is 0 Å². The molecule has 0 aliphatic carbocycles. The Balaban J connectivity index is 1.25. The zero-order valence-electron chi connectivity index (χ0n) is 21.3. The highest BCUT2D eigenvalue weighted by Crippen LogP contribution is 2.31. The Morgan fingerprint density at radius 3 is 1.32 bits per heavy atom. The van der Waals surface area contributed by atoms with Gasteiger partial charge in [0.1, 0.15) is 26.2 Å². The Labute approximate surface area is 204 Å². The Morgan fingerprint density at radius 2 is 1.00 bits per heavy atom. The predicted octanol–water partition coefficient (Wildman–Crippen LogP) is 2.76. The van der Waals surface area contributed by atoms with E-state index in [1.165, 1.54) is 11.1 Å². The molecule has 0 bridgehead atoms. The molecule has 0 spiro atoms. The summed E-state index contributed by atoms with van der Waals surface area (Å²) in [5.74, 6) is -2.39. The molecule has 2 N–H and O–H groups in total. The molecule has 0 saturated carbocycles. The number of aliphatic hydroxyl groups is 2. The lowest BCUT2D eigenvalue weighted by Crippen LogP contribution is -2.57. The van der Waals surface area contributed by atoms with Crippen LogP contribution in [0.3, 0.4) is 0 Å². The van der Waals surface area contributed by atoms with E-state index in [2.05, 4.69) is 52.5 Å². The van der Waals surface area contributed by atoms with Crippen molar-refractivity contribution in [2.45, 2.75) is 37.3 Å². The molecule has 0 radical (unpaired) electrons. The molecule has 2 unspecified atom stereocenters. The van der Waals surface area contributed by atoms with Crippen molar-refractivity contribution in [3.8, 4) is 0 Å². The maximum atomic E-state index is 11.0. The number of benzene rings is 2. The summed E-state index contributed by atoms with van der Waals surface area (Å²) in [6, 6.07) is 16.5. The van der Waals surface area contributed by atoms with Crippen LogP contribution in [0.2, 0.25) is 0 Å². The second kappa shape index (κ2) is 9.69. The van der Waals surface area contributed by atoms with E-state index in [0.717, 1.165) is 58.9 Å². The Hall–Kier alpha value is -1.80. The van der Waals surface area contributed by atoms with Gasteiger partial charge in [-0.05, 0) is 36.8 Å². The van der Waals surface area contributed by atoms with Crippen LogP contribution in [-0.4, -0.2) is 86.8 Å². The maximum absolute atomic E-state index is 11.0. The molecule has 6 nitrogen and oxygen atoms in total. The average molecular weight is 471 g/mol. The first kappa shape index (κ1) is 25.3. The van der Waals surface area contributed by atoms with Gasteiger partial charge in [-0.3, -0.25) is 0 Å². The summed E-state index contributed by atoms with van der Waals surface area (Å²) < 4.78 is 13.0. The summed E-state index contributed by atoms with van der Waals surface area (Å²) in [6.07, 6.45) is 4.23. The quantitative estimate of drug-likeness (QED) is 0.483. The summed E-state index contributed by atoms with van der Waals surface area (Å²) in [7, 11) is 8.50. The average Bonchev–Trinajstić information content (AvgIpc) is 2.76. The number of unbranched alkanes of at least 4 members (excludes halogenated alkanes) is 1. The summed E-state index contributed by atoms with van der Waals surface area (Å²) in [6.45, 7) is 4.08. The van der Waals surface area contributed by atoms with E-state index in [1.807, 2.05) is 24.3 Å². The minimum Gasteiger partial charge on any atom is -0.357 e. The third-order valence-electron chi connectivity index (χ3n) is 7.35. The predicted molar refractivity (Wildman–Crippen MR) is 133 cm³/mol. The van der Waals surface area contributed by atoms with Gasteiger partial charge < -0.3 is 28.7 Å². The highest BCUT2D eigenvalue weighted by atomic mass is 16.6. The van der Waals surface area contributed by atoms with Crippen molar-refractivity contribution >= 4 is 0 Å². The molecule has 34 heavy (non-hydrogen) atoms. The molecular formula is C28H42N2O4+2. The summed E-state index contributed by atoms with van der Waals surface area (Å²) in [5.41, 5.74) is 4.25. The Kier molecular flexibility index (Phi) is 7.21. The van der Waals surface area contributed by atoms with E-state index < -0.39 is 11.6 Å². The Bertz CT molecular complexity index is 878. The molecule has 2 aromatic rings. The highest BCUT2D eigenvalue weighted by molar-refractivity contribution is 5.27. The standard InChI is InChI=1S/C28H42N2O4/c1-29(2)17-19-33-27(31,21-29)25-13-9-23(10-14-25)7-5-6-8-24-11-15-26(16-12-24)28(32)22-30(3,4)18-20-34-28/h9-16,31-32H,5-8,17-22H2,1-4H3/q+2. The van der Waals surface area contributed by atoms with E-state index in [4.69, 9.17) is 9.47 Å². The van der Waals surface area contributed by atoms with Crippen LogP contribution in [-0.2, 0) is 33.9 Å². The van der Waals surface area contributed by atoms with Crippen molar-refractivity contribution in [1.82, 2.24) is 0 Å². The molecule has 2 aromatic carbocycles. The van der Waals surface area contributed by atoms with E-state index in [0.29, 0.717) is 26.3 Å². The molecule has 2 heterocycles. The Morgan fingerprint density at radius 1 is 0.647 bits per heavy atom. The second-order valence-corrected chi connectivity index (χ2v) is 11.5. The van der Waals surface area contributed by atoms with Crippen LogP contribution in [0.4, 0.5) is 0 Å². The smallest absolute Gasteiger partial charge is 0.243 e. The second-order valence-electron chi connectivity index (χ2n) is 11.5. The number of likely N-dealkylation sites (N-methyl/N-ethyl adjacent to an activating group) is 2. The van der Waals surface area contributed by atoms with E-state index in [-0.39, 0.29) is 0 Å². The summed E-state index contributed by atoms with van der Waals surface area (Å²) >= 11 is 0. The van der Waals surface area contributed by atoms with Gasteiger partial charge in [0.25, 0.3) is 0 Å². The van der Waals surface area contributed by atoms with Crippen molar-refractivity contribution in [2.75, 3.05) is 67.6 Å². The first-order valence-corrected chi connectivity index (χ1v) is 12.5. The van der Waals surface area contributed by atoms with Gasteiger partial charge in [-0.2, -0.15) is 0 Å². The molecule has 2 aliphatic rings. The molecule has 0 amide bonds. The molecule has 2 saturated heterocycles. The fourth-order valence-electron chi connectivity index (χ4n) is 5.20. The number of rotatable bonds is 7. The number of hydrogen-bond donors (Lipinski definition) is 2. The minimum absolute atomic E-state index is 0.561. The third kappa shape index (κ3) is 6.06. The molecular weight excluding hydrogens is 428 g/mol. The third-order valence-corrected chi connectivity index (χ3v) is 7.35. The minimum atomic E-state index is -1.20. The van der Waals surface area contributed by atoms with Crippen LogP contribution in [0.5, 0.6) is 0 Å². The van der Waals surface area contributed by atoms with Crippen molar-refractivity contribution in [2.24, 2.45) is 0 Å². The normalized spacial score (nSPS) is 28.5. The number of hydrogen-bond acceptors (Lipinski definition) is 4. The molecule has 2 atom stereocenters. The highest BCUT2D eigenvalue weighted by Gasteiger charge is 2.43. The first-order chi connectivity index (χ1) is 16.0. The largest absolute Gasteiger partial charge is 0.357 e. The first-order valence-electron chi connectivity index (χ1n) is 12.5. The van der Waals surface area contributed by atoms with Crippen molar-refractivity contribution in [3.63, 3.8) is 0 Å². The van der Waals surface area contributed by atoms with Gasteiger partial charge in [0.05, 0.1) is 41.4 Å². The van der Waals surface area contributed by atoms with E-state index in [9.17, 15) is 10.2 Å². The van der Waals surface area contributed by atoms with Crippen LogP contribution in [0.15, 0.2) is 48.5 Å². The molecule has 186 valence electrons. The fraction of sp³-hybridized carbons (Fsp3) is 0.571. The van der Waals surface area contributed by atoms with Crippen molar-refractivity contribution in [3.05, 3.63) is 70.8 Å². The number of ether oxygens (including phenoxy) is 2. The molecule has 6 heteroatoms.